The van der Waals surface area contributed by atoms with Gasteiger partial charge in [-0.05, 0) is 25.2 Å². The van der Waals surface area contributed by atoms with Crippen molar-refractivity contribution in [1.82, 2.24) is 4.90 Å². The van der Waals surface area contributed by atoms with Crippen LogP contribution in [0.15, 0.2) is 12.2 Å². The summed E-state index contributed by atoms with van der Waals surface area (Å²) in [6.45, 7) is 0.655. The molecule has 66 valence electrons. The molecule has 2 unspecified atom stereocenters. The third-order valence-electron chi connectivity index (χ3n) is 2.86. The van der Waals surface area contributed by atoms with Gasteiger partial charge in [0.2, 0.25) is 0 Å². The van der Waals surface area contributed by atoms with Crippen molar-refractivity contribution in [3.63, 3.8) is 0 Å². The zero-order valence-corrected chi connectivity index (χ0v) is 6.90. The topological polar surface area (TPSA) is 43.4 Å². The van der Waals surface area contributed by atoms with Gasteiger partial charge >= 0.3 is 0 Å². The van der Waals surface area contributed by atoms with Crippen molar-refractivity contribution in [2.75, 3.05) is 6.54 Å². The van der Waals surface area contributed by atoms with E-state index in [-0.39, 0.29) is 6.04 Å². The van der Waals surface area contributed by atoms with Gasteiger partial charge in [0.05, 0.1) is 6.04 Å². The number of fused-ring (bicyclic) bond motifs is 1. The Kier molecular flexibility index (Phi) is 1.79. The number of carbonyl (C=O) groups excluding carboxylic acids is 1. The number of hydrogen-bond acceptors (Lipinski definition) is 2. The van der Waals surface area contributed by atoms with Crippen LogP contribution in [0.4, 0.5) is 4.79 Å². The molecule has 1 aliphatic carbocycles. The maximum absolute atomic E-state index is 10.6. The van der Waals surface area contributed by atoms with Crippen LogP contribution in [0, 0.1) is 5.92 Å². The second-order valence-electron chi connectivity index (χ2n) is 3.50. The van der Waals surface area contributed by atoms with Gasteiger partial charge in [-0.2, -0.15) is 0 Å². The molecule has 1 heterocycles. The third kappa shape index (κ3) is 1.09. The van der Waals surface area contributed by atoms with Gasteiger partial charge in [0.15, 0.2) is 0 Å². The smallest absolute Gasteiger partial charge is 0.137 e. The van der Waals surface area contributed by atoms with Crippen molar-refractivity contribution in [2.45, 2.75) is 25.3 Å². The Morgan fingerprint density at radius 1 is 1.50 bits per heavy atom. The highest BCUT2D eigenvalue weighted by molar-refractivity contribution is 5.64. The lowest BCUT2D eigenvalue weighted by molar-refractivity contribution is -0.266. The molecule has 0 aromatic rings. The third-order valence-corrected chi connectivity index (χ3v) is 2.86. The monoisotopic (exact) mass is 166 g/mol. The van der Waals surface area contributed by atoms with Crippen LogP contribution in [0.25, 0.3) is 0 Å². The summed E-state index contributed by atoms with van der Waals surface area (Å²) in [5.74, 6) is 0.549. The predicted molar refractivity (Wildman–Crippen MR) is 42.4 cm³/mol. The van der Waals surface area contributed by atoms with E-state index in [4.69, 9.17) is 0 Å². The van der Waals surface area contributed by atoms with Crippen LogP contribution in [-0.2, 0) is 0 Å². The number of amides is 1. The van der Waals surface area contributed by atoms with Crippen molar-refractivity contribution in [3.05, 3.63) is 12.2 Å². The fourth-order valence-corrected chi connectivity index (χ4v) is 2.21. The fourth-order valence-electron chi connectivity index (χ4n) is 2.21. The van der Waals surface area contributed by atoms with E-state index in [1.54, 1.807) is 0 Å². The first-order chi connectivity index (χ1) is 5.79. The lowest BCUT2D eigenvalue weighted by Crippen LogP contribution is -2.45. The average molecular weight is 166 g/mol. The van der Waals surface area contributed by atoms with E-state index in [0.29, 0.717) is 12.5 Å². The van der Waals surface area contributed by atoms with Gasteiger partial charge in [-0.15, -0.1) is 0 Å². The molecule has 0 aromatic carbocycles. The molecule has 0 spiro atoms. The molecule has 1 saturated heterocycles. The van der Waals surface area contributed by atoms with Gasteiger partial charge in [0, 0.05) is 6.54 Å². The van der Waals surface area contributed by atoms with Gasteiger partial charge in [0.25, 0.3) is 0 Å². The van der Waals surface area contributed by atoms with Crippen LogP contribution >= 0.6 is 0 Å². The molecule has 0 N–H and O–H groups in total. The SMILES string of the molecule is O=C([O-])N1CCC2CCC=CC21. The lowest BCUT2D eigenvalue weighted by atomic mass is 9.90. The Balaban J connectivity index is 2.15. The Hall–Kier alpha value is -0.990. The van der Waals surface area contributed by atoms with Crippen LogP contribution in [-0.4, -0.2) is 23.6 Å². The minimum absolute atomic E-state index is 0.115. The quantitative estimate of drug-likeness (QED) is 0.488. The highest BCUT2D eigenvalue weighted by Crippen LogP contribution is 2.31. The molecule has 0 aromatic heterocycles. The van der Waals surface area contributed by atoms with E-state index in [9.17, 15) is 9.90 Å². The largest absolute Gasteiger partial charge is 0.530 e. The van der Waals surface area contributed by atoms with E-state index >= 15 is 0 Å². The second-order valence-corrected chi connectivity index (χ2v) is 3.50. The van der Waals surface area contributed by atoms with Gasteiger partial charge in [-0.25, -0.2) is 0 Å². The summed E-state index contributed by atoms with van der Waals surface area (Å²) in [5.41, 5.74) is 0. The molecule has 0 radical (unpaired) electrons. The van der Waals surface area contributed by atoms with Gasteiger partial charge in [0.1, 0.15) is 6.09 Å². The predicted octanol–water partition coefficient (Wildman–Crippen LogP) is 0.370. The van der Waals surface area contributed by atoms with Gasteiger partial charge in [-0.1, -0.05) is 12.2 Å². The molecule has 2 atom stereocenters. The van der Waals surface area contributed by atoms with Crippen LogP contribution in [0.3, 0.4) is 0 Å². The minimum atomic E-state index is -1.02. The molecule has 2 aliphatic rings. The van der Waals surface area contributed by atoms with Crippen molar-refractivity contribution >= 4 is 6.09 Å². The summed E-state index contributed by atoms with van der Waals surface area (Å²) in [5, 5.41) is 10.6. The van der Waals surface area contributed by atoms with Crippen molar-refractivity contribution in [1.29, 1.82) is 0 Å². The Labute approximate surface area is 71.7 Å². The number of rotatable bonds is 0. The van der Waals surface area contributed by atoms with E-state index in [1.807, 2.05) is 6.08 Å². The standard InChI is InChI=1S/C9H13NO2/c11-9(12)10-6-5-7-3-1-2-4-8(7)10/h2,4,7-8H,1,3,5-6H2,(H,11,12)/p-1. The van der Waals surface area contributed by atoms with Crippen LogP contribution in [0.5, 0.6) is 0 Å². The molecule has 1 fully saturated rings. The average Bonchev–Trinajstić information content (AvgIpc) is 2.47. The molecule has 3 nitrogen and oxygen atoms in total. The van der Waals surface area contributed by atoms with E-state index in [1.165, 1.54) is 4.90 Å². The Bertz CT molecular complexity index is 225. The maximum Gasteiger partial charge on any atom is 0.137 e. The highest BCUT2D eigenvalue weighted by Gasteiger charge is 2.32. The summed E-state index contributed by atoms with van der Waals surface area (Å²) in [6.07, 6.45) is 6.30. The van der Waals surface area contributed by atoms with Crippen molar-refractivity contribution in [2.24, 2.45) is 5.92 Å². The van der Waals surface area contributed by atoms with Gasteiger partial charge in [-0.3, -0.25) is 0 Å². The van der Waals surface area contributed by atoms with E-state index in [0.717, 1.165) is 19.3 Å². The summed E-state index contributed by atoms with van der Waals surface area (Å²) in [6, 6.07) is 0.115. The fraction of sp³-hybridized carbons (Fsp3) is 0.667. The summed E-state index contributed by atoms with van der Waals surface area (Å²) in [7, 11) is 0. The molecule has 0 bridgehead atoms. The number of likely N-dealkylation sites (tertiary alicyclic amines) is 1. The van der Waals surface area contributed by atoms with Gasteiger partial charge < -0.3 is 14.8 Å². The Morgan fingerprint density at radius 2 is 2.33 bits per heavy atom. The first-order valence-electron chi connectivity index (χ1n) is 4.43. The molecule has 1 aliphatic heterocycles. The molecule has 2 rings (SSSR count). The number of carboxylic acid groups (broad SMARTS) is 1. The molecular weight excluding hydrogens is 154 g/mol. The van der Waals surface area contributed by atoms with Crippen molar-refractivity contribution in [3.8, 4) is 0 Å². The van der Waals surface area contributed by atoms with Crippen LogP contribution in [0.2, 0.25) is 0 Å². The molecule has 3 heteroatoms. The minimum Gasteiger partial charge on any atom is -0.530 e. The number of nitrogens with zero attached hydrogens (tertiary/aromatic N) is 1. The molecular formula is C9H12NO2-. The first-order valence-corrected chi connectivity index (χ1v) is 4.43. The van der Waals surface area contributed by atoms with E-state index < -0.39 is 6.09 Å². The number of hydrogen-bond donors (Lipinski definition) is 0. The summed E-state index contributed by atoms with van der Waals surface area (Å²) in [4.78, 5) is 12.1. The highest BCUT2D eigenvalue weighted by atomic mass is 16.4. The lowest BCUT2D eigenvalue weighted by Gasteiger charge is -2.29. The zero-order valence-electron chi connectivity index (χ0n) is 6.90. The molecule has 1 amide bonds. The maximum atomic E-state index is 10.6. The first kappa shape index (κ1) is 7.65. The normalized spacial score (nSPS) is 33.5. The van der Waals surface area contributed by atoms with Crippen LogP contribution in [0.1, 0.15) is 19.3 Å². The zero-order chi connectivity index (χ0) is 8.55. The molecule has 0 saturated carbocycles. The Morgan fingerprint density at radius 3 is 3.08 bits per heavy atom. The summed E-state index contributed by atoms with van der Waals surface area (Å²) >= 11 is 0. The molecule has 12 heavy (non-hydrogen) atoms. The number of carbonyl (C=O) groups is 1. The number of allylic oxidation sites excluding steroid dienone is 1. The van der Waals surface area contributed by atoms with E-state index in [2.05, 4.69) is 6.08 Å². The van der Waals surface area contributed by atoms with Crippen LogP contribution < -0.4 is 5.11 Å². The summed E-state index contributed by atoms with van der Waals surface area (Å²) < 4.78 is 0. The second kappa shape index (κ2) is 2.81. The van der Waals surface area contributed by atoms with Crippen molar-refractivity contribution < 1.29 is 9.90 Å².